The highest BCUT2D eigenvalue weighted by molar-refractivity contribution is 5.90. The number of nitrogens with zero attached hydrogens (tertiary/aromatic N) is 3. The second-order valence-corrected chi connectivity index (χ2v) is 10.4. The van der Waals surface area contributed by atoms with E-state index in [0.717, 1.165) is 30.5 Å². The average Bonchev–Trinajstić information content (AvgIpc) is 3.74. The minimum atomic E-state index is -4.76. The third-order valence-electron chi connectivity index (χ3n) is 7.38. The first-order valence-electron chi connectivity index (χ1n) is 13.3. The fourth-order valence-corrected chi connectivity index (χ4v) is 5.25. The van der Waals surface area contributed by atoms with Crippen molar-refractivity contribution in [2.45, 2.75) is 63.3 Å². The third-order valence-corrected chi connectivity index (χ3v) is 7.38. The van der Waals surface area contributed by atoms with Gasteiger partial charge in [0.25, 0.3) is 0 Å². The predicted molar refractivity (Wildman–Crippen MR) is 135 cm³/mol. The van der Waals surface area contributed by atoms with Crippen molar-refractivity contribution in [2.24, 2.45) is 0 Å². The highest BCUT2D eigenvalue weighted by Crippen LogP contribution is 2.32. The minimum absolute atomic E-state index is 0.0240. The number of rotatable bonds is 8. The Morgan fingerprint density at radius 1 is 1.05 bits per heavy atom. The summed E-state index contributed by atoms with van der Waals surface area (Å²) >= 11 is 0. The molecule has 5 rings (SSSR count). The Bertz CT molecular complexity index is 1250. The SMILES string of the molecule is O=C1[C@H](CCNC2CC2)N2C(=O)CCN(C(=O)OCc3cc(F)cc(C(F)(F)F)c3)[C@H]2CN1Cc1ccccc1. The van der Waals surface area contributed by atoms with Crippen molar-refractivity contribution in [2.75, 3.05) is 19.6 Å². The van der Waals surface area contributed by atoms with Gasteiger partial charge in [-0.3, -0.25) is 14.5 Å². The van der Waals surface area contributed by atoms with Crippen molar-refractivity contribution >= 4 is 17.9 Å². The molecule has 3 aliphatic rings. The van der Waals surface area contributed by atoms with Crippen LogP contribution in [0.1, 0.15) is 42.4 Å². The van der Waals surface area contributed by atoms with Gasteiger partial charge in [-0.05, 0) is 55.1 Å². The van der Waals surface area contributed by atoms with Gasteiger partial charge in [0.2, 0.25) is 11.8 Å². The number of carbonyl (C=O) groups is 3. The summed E-state index contributed by atoms with van der Waals surface area (Å²) in [5.41, 5.74) is -0.445. The van der Waals surface area contributed by atoms with Gasteiger partial charge in [0, 0.05) is 25.6 Å². The molecule has 0 unspecified atom stereocenters. The lowest BCUT2D eigenvalue weighted by Gasteiger charge is -2.51. The maximum Gasteiger partial charge on any atom is 0.416 e. The van der Waals surface area contributed by atoms with Gasteiger partial charge in [-0.25, -0.2) is 9.18 Å². The quantitative estimate of drug-likeness (QED) is 0.494. The zero-order valence-electron chi connectivity index (χ0n) is 21.7. The molecule has 2 aromatic rings. The molecule has 2 aromatic carbocycles. The molecule has 12 heteroatoms. The number of hydrogen-bond donors (Lipinski definition) is 1. The van der Waals surface area contributed by atoms with Crippen LogP contribution in [0.15, 0.2) is 48.5 Å². The second-order valence-electron chi connectivity index (χ2n) is 10.4. The molecular formula is C28H30F4N4O4. The van der Waals surface area contributed by atoms with E-state index in [1.165, 1.54) is 9.80 Å². The van der Waals surface area contributed by atoms with Gasteiger partial charge in [0.05, 0.1) is 12.1 Å². The molecule has 0 aromatic heterocycles. The summed E-state index contributed by atoms with van der Waals surface area (Å²) in [5.74, 6) is -1.56. The Kier molecular flexibility index (Phi) is 7.97. The summed E-state index contributed by atoms with van der Waals surface area (Å²) in [4.78, 5) is 44.3. The third kappa shape index (κ3) is 6.38. The Morgan fingerprint density at radius 2 is 1.80 bits per heavy atom. The van der Waals surface area contributed by atoms with Crippen LogP contribution >= 0.6 is 0 Å². The molecule has 214 valence electrons. The first kappa shape index (κ1) is 27.9. The number of hydrogen-bond acceptors (Lipinski definition) is 5. The molecule has 2 aliphatic heterocycles. The standard InChI is InChI=1S/C28H30F4N4O4/c29-21-13-19(12-20(14-21)28(30,31)32)17-40-27(39)35-11-9-25(37)36-23(8-10-33-22-6-7-22)26(38)34(16-24(35)36)15-18-4-2-1-3-5-18/h1-5,12-14,22-24,33H,6-11,15-17H2/t23-,24+/m0/s1. The van der Waals surface area contributed by atoms with Crippen LogP contribution in [0.4, 0.5) is 22.4 Å². The lowest BCUT2D eigenvalue weighted by atomic mass is 10.0. The number of amides is 3. The lowest BCUT2D eigenvalue weighted by Crippen LogP contribution is -2.71. The van der Waals surface area contributed by atoms with Crippen molar-refractivity contribution in [1.29, 1.82) is 0 Å². The van der Waals surface area contributed by atoms with Crippen LogP contribution in [0.2, 0.25) is 0 Å². The molecule has 0 radical (unpaired) electrons. The van der Waals surface area contributed by atoms with Gasteiger partial charge in [-0.1, -0.05) is 30.3 Å². The van der Waals surface area contributed by atoms with Crippen molar-refractivity contribution in [3.63, 3.8) is 0 Å². The number of alkyl halides is 3. The van der Waals surface area contributed by atoms with Gasteiger partial charge >= 0.3 is 12.3 Å². The fourth-order valence-electron chi connectivity index (χ4n) is 5.25. The Hall–Kier alpha value is -3.67. The fraction of sp³-hybridized carbons (Fsp3) is 0.464. The summed E-state index contributed by atoms with van der Waals surface area (Å²) in [6.45, 7) is 0.313. The molecule has 2 saturated heterocycles. The smallest absolute Gasteiger partial charge is 0.416 e. The van der Waals surface area contributed by atoms with E-state index >= 15 is 0 Å². The maximum atomic E-state index is 13.8. The second kappa shape index (κ2) is 11.4. The molecule has 2 heterocycles. The normalized spacial score (nSPS) is 21.4. The molecular weight excluding hydrogens is 532 g/mol. The molecule has 2 atom stereocenters. The Morgan fingerprint density at radius 3 is 2.50 bits per heavy atom. The predicted octanol–water partition coefficient (Wildman–Crippen LogP) is 3.89. The van der Waals surface area contributed by atoms with Gasteiger partial charge < -0.3 is 19.9 Å². The number of benzene rings is 2. The van der Waals surface area contributed by atoms with Crippen LogP contribution in [-0.2, 0) is 33.7 Å². The van der Waals surface area contributed by atoms with E-state index in [0.29, 0.717) is 25.1 Å². The Balaban J connectivity index is 1.34. The number of piperazine rings is 1. The van der Waals surface area contributed by atoms with Crippen LogP contribution in [0.25, 0.3) is 0 Å². The van der Waals surface area contributed by atoms with Crippen molar-refractivity contribution in [3.8, 4) is 0 Å². The molecule has 1 aliphatic carbocycles. The van der Waals surface area contributed by atoms with Gasteiger partial charge in [-0.2, -0.15) is 13.2 Å². The number of ether oxygens (including phenoxy) is 1. The van der Waals surface area contributed by atoms with Crippen LogP contribution in [0, 0.1) is 5.82 Å². The monoisotopic (exact) mass is 562 g/mol. The van der Waals surface area contributed by atoms with Crippen molar-refractivity contribution in [1.82, 2.24) is 20.0 Å². The zero-order chi connectivity index (χ0) is 28.4. The topological polar surface area (TPSA) is 82.2 Å². The molecule has 0 bridgehead atoms. The number of fused-ring (bicyclic) bond motifs is 1. The first-order chi connectivity index (χ1) is 19.1. The minimum Gasteiger partial charge on any atom is -0.444 e. The van der Waals surface area contributed by atoms with E-state index in [9.17, 15) is 31.9 Å². The van der Waals surface area contributed by atoms with Gasteiger partial charge in [0.1, 0.15) is 24.6 Å². The molecule has 0 spiro atoms. The first-order valence-corrected chi connectivity index (χ1v) is 13.3. The molecule has 1 saturated carbocycles. The lowest BCUT2D eigenvalue weighted by molar-refractivity contribution is -0.168. The average molecular weight is 563 g/mol. The number of carbonyl (C=O) groups excluding carboxylic acids is 3. The summed E-state index contributed by atoms with van der Waals surface area (Å²) in [5, 5.41) is 3.37. The summed E-state index contributed by atoms with van der Waals surface area (Å²) in [7, 11) is 0. The van der Waals surface area contributed by atoms with Crippen LogP contribution in [0.3, 0.4) is 0 Å². The van der Waals surface area contributed by atoms with Crippen LogP contribution < -0.4 is 5.32 Å². The van der Waals surface area contributed by atoms with E-state index in [-0.39, 0.29) is 43.4 Å². The van der Waals surface area contributed by atoms with E-state index in [1.807, 2.05) is 30.3 Å². The van der Waals surface area contributed by atoms with Crippen molar-refractivity contribution in [3.05, 3.63) is 71.0 Å². The van der Waals surface area contributed by atoms with Gasteiger partial charge in [0.15, 0.2) is 0 Å². The van der Waals surface area contributed by atoms with E-state index in [2.05, 4.69) is 5.32 Å². The summed E-state index contributed by atoms with van der Waals surface area (Å²) in [6.07, 6.45) is -3.94. The van der Waals surface area contributed by atoms with E-state index in [1.54, 1.807) is 4.90 Å². The molecule has 1 N–H and O–H groups in total. The summed E-state index contributed by atoms with van der Waals surface area (Å²) in [6, 6.07) is 11.0. The highest BCUT2D eigenvalue weighted by atomic mass is 19.4. The molecule has 3 fully saturated rings. The number of nitrogens with one attached hydrogen (secondary N) is 1. The van der Waals surface area contributed by atoms with E-state index < -0.39 is 42.5 Å². The van der Waals surface area contributed by atoms with Crippen LogP contribution in [0.5, 0.6) is 0 Å². The number of halogens is 4. The van der Waals surface area contributed by atoms with Crippen LogP contribution in [-0.4, -0.2) is 70.5 Å². The highest BCUT2D eigenvalue weighted by Gasteiger charge is 2.49. The van der Waals surface area contributed by atoms with Gasteiger partial charge in [-0.15, -0.1) is 0 Å². The maximum absolute atomic E-state index is 13.8. The zero-order valence-corrected chi connectivity index (χ0v) is 21.7. The molecule has 40 heavy (non-hydrogen) atoms. The molecule has 8 nitrogen and oxygen atoms in total. The summed E-state index contributed by atoms with van der Waals surface area (Å²) < 4.78 is 58.4. The van der Waals surface area contributed by atoms with Crippen molar-refractivity contribution < 1.29 is 36.7 Å². The van der Waals surface area contributed by atoms with E-state index in [4.69, 9.17) is 4.74 Å². The Labute approximate surface area is 228 Å². The molecule has 3 amide bonds. The largest absolute Gasteiger partial charge is 0.444 e.